The summed E-state index contributed by atoms with van der Waals surface area (Å²) < 4.78 is 0. The normalized spacial score (nSPS) is 39.1. The van der Waals surface area contributed by atoms with E-state index in [-0.39, 0.29) is 0 Å². The Kier molecular flexibility index (Phi) is 2.16. The molecule has 1 N–H and O–H groups in total. The second-order valence-electron chi connectivity index (χ2n) is 5.46. The van der Waals surface area contributed by atoms with Gasteiger partial charge in [0, 0.05) is 12.1 Å². The number of nitrogens with one attached hydrogen (secondary N) is 1. The van der Waals surface area contributed by atoms with E-state index in [9.17, 15) is 0 Å². The molecule has 0 bridgehead atoms. The molecule has 3 rings (SSSR count). The van der Waals surface area contributed by atoms with Crippen LogP contribution in [0, 0.1) is 5.41 Å². The predicted molar refractivity (Wildman–Crippen MR) is 59.2 cm³/mol. The topological polar surface area (TPSA) is 12.0 Å². The van der Waals surface area contributed by atoms with Crippen molar-refractivity contribution in [1.82, 2.24) is 5.32 Å². The average molecular weight is 191 g/mol. The summed E-state index contributed by atoms with van der Waals surface area (Å²) in [5.41, 5.74) is 0.769. The Morgan fingerprint density at radius 3 is 2.71 bits per heavy atom. The van der Waals surface area contributed by atoms with Crippen molar-refractivity contribution in [2.24, 2.45) is 5.41 Å². The molecule has 14 heavy (non-hydrogen) atoms. The van der Waals surface area contributed by atoms with Crippen molar-refractivity contribution in [3.05, 3.63) is 12.2 Å². The molecule has 1 nitrogen and oxygen atoms in total. The summed E-state index contributed by atoms with van der Waals surface area (Å²) in [5, 5.41) is 3.84. The maximum absolute atomic E-state index is 3.84. The summed E-state index contributed by atoms with van der Waals surface area (Å²) in [6.45, 7) is 0. The van der Waals surface area contributed by atoms with Gasteiger partial charge in [-0.3, -0.25) is 0 Å². The van der Waals surface area contributed by atoms with Gasteiger partial charge in [-0.15, -0.1) is 0 Å². The van der Waals surface area contributed by atoms with Crippen LogP contribution in [0.3, 0.4) is 0 Å². The van der Waals surface area contributed by atoms with Crippen LogP contribution in [-0.4, -0.2) is 12.1 Å². The molecule has 2 atom stereocenters. The fourth-order valence-electron chi connectivity index (χ4n) is 3.42. The van der Waals surface area contributed by atoms with Crippen LogP contribution >= 0.6 is 0 Å². The summed E-state index contributed by atoms with van der Waals surface area (Å²) in [6.07, 6.45) is 16.2. The standard InChI is InChI=1S/C13H21N/c1-2-6-11(7-3-1)14-12-10-13(12)8-4-5-9-13/h2,6,11-12,14H,1,3-5,7-10H2. The SMILES string of the molecule is C1=CC(NC2CC23CCCC3)CCC1. The zero-order valence-corrected chi connectivity index (χ0v) is 8.97. The fourth-order valence-corrected chi connectivity index (χ4v) is 3.42. The lowest BCUT2D eigenvalue weighted by atomic mass is 10.0. The highest BCUT2D eigenvalue weighted by molar-refractivity contribution is 5.12. The van der Waals surface area contributed by atoms with Crippen LogP contribution in [-0.2, 0) is 0 Å². The molecule has 0 aromatic rings. The van der Waals surface area contributed by atoms with Crippen molar-refractivity contribution >= 4 is 0 Å². The van der Waals surface area contributed by atoms with Crippen molar-refractivity contribution in [3.8, 4) is 0 Å². The number of allylic oxidation sites excluding steroid dienone is 1. The number of hydrogen-bond donors (Lipinski definition) is 1. The first-order valence-corrected chi connectivity index (χ1v) is 6.32. The summed E-state index contributed by atoms with van der Waals surface area (Å²) in [7, 11) is 0. The van der Waals surface area contributed by atoms with E-state index in [1.165, 1.54) is 51.4 Å². The van der Waals surface area contributed by atoms with Crippen molar-refractivity contribution in [2.45, 2.75) is 63.5 Å². The van der Waals surface area contributed by atoms with Crippen LogP contribution in [0.25, 0.3) is 0 Å². The molecule has 0 heterocycles. The minimum Gasteiger partial charge on any atom is -0.307 e. The van der Waals surface area contributed by atoms with Gasteiger partial charge in [0.15, 0.2) is 0 Å². The second kappa shape index (κ2) is 3.37. The summed E-state index contributed by atoms with van der Waals surface area (Å²) in [6, 6.07) is 1.58. The molecule has 78 valence electrons. The van der Waals surface area contributed by atoms with Crippen LogP contribution in [0.15, 0.2) is 12.2 Å². The van der Waals surface area contributed by atoms with Crippen LogP contribution in [0.4, 0.5) is 0 Å². The van der Waals surface area contributed by atoms with Gasteiger partial charge in [0.25, 0.3) is 0 Å². The van der Waals surface area contributed by atoms with E-state index < -0.39 is 0 Å². The van der Waals surface area contributed by atoms with Gasteiger partial charge in [-0.05, 0) is 43.9 Å². The molecule has 3 aliphatic carbocycles. The molecular weight excluding hydrogens is 170 g/mol. The molecule has 0 amide bonds. The highest BCUT2D eigenvalue weighted by atomic mass is 15.0. The molecule has 2 saturated carbocycles. The Balaban J connectivity index is 1.54. The van der Waals surface area contributed by atoms with E-state index in [0.29, 0.717) is 6.04 Å². The molecule has 2 fully saturated rings. The fraction of sp³-hybridized carbons (Fsp3) is 0.846. The Labute approximate surface area is 87.0 Å². The lowest BCUT2D eigenvalue weighted by molar-refractivity contribution is 0.432. The zero-order chi connectivity index (χ0) is 9.43. The van der Waals surface area contributed by atoms with Crippen LogP contribution in [0.1, 0.15) is 51.4 Å². The van der Waals surface area contributed by atoms with E-state index in [2.05, 4.69) is 17.5 Å². The van der Waals surface area contributed by atoms with Crippen LogP contribution in [0.5, 0.6) is 0 Å². The van der Waals surface area contributed by atoms with Crippen molar-refractivity contribution in [1.29, 1.82) is 0 Å². The van der Waals surface area contributed by atoms with Gasteiger partial charge in [-0.25, -0.2) is 0 Å². The molecule has 3 aliphatic rings. The predicted octanol–water partition coefficient (Wildman–Crippen LogP) is 3.02. The lowest BCUT2D eigenvalue weighted by Gasteiger charge is -2.19. The Morgan fingerprint density at radius 1 is 1.14 bits per heavy atom. The zero-order valence-electron chi connectivity index (χ0n) is 8.97. The first-order chi connectivity index (χ1) is 6.89. The van der Waals surface area contributed by atoms with Gasteiger partial charge in [-0.2, -0.15) is 0 Å². The van der Waals surface area contributed by atoms with E-state index in [0.717, 1.165) is 11.5 Å². The molecule has 0 radical (unpaired) electrons. The Hall–Kier alpha value is -0.300. The molecule has 0 aromatic heterocycles. The van der Waals surface area contributed by atoms with Crippen LogP contribution < -0.4 is 5.32 Å². The Morgan fingerprint density at radius 2 is 2.00 bits per heavy atom. The lowest BCUT2D eigenvalue weighted by Crippen LogP contribution is -2.33. The monoisotopic (exact) mass is 191 g/mol. The molecule has 0 aromatic carbocycles. The third-order valence-corrected chi connectivity index (χ3v) is 4.46. The van der Waals surface area contributed by atoms with Crippen molar-refractivity contribution in [2.75, 3.05) is 0 Å². The maximum atomic E-state index is 3.84. The molecule has 1 spiro atoms. The number of hydrogen-bond acceptors (Lipinski definition) is 1. The van der Waals surface area contributed by atoms with E-state index >= 15 is 0 Å². The van der Waals surface area contributed by atoms with Gasteiger partial charge in [0.1, 0.15) is 0 Å². The minimum absolute atomic E-state index is 0.703. The van der Waals surface area contributed by atoms with Gasteiger partial charge >= 0.3 is 0 Å². The molecule has 1 heteroatoms. The largest absolute Gasteiger partial charge is 0.307 e. The highest BCUT2D eigenvalue weighted by Gasteiger charge is 2.55. The first-order valence-electron chi connectivity index (χ1n) is 6.32. The molecular formula is C13H21N. The summed E-state index contributed by atoms with van der Waals surface area (Å²) in [5.74, 6) is 0. The van der Waals surface area contributed by atoms with E-state index in [1.807, 2.05) is 0 Å². The highest BCUT2D eigenvalue weighted by Crippen LogP contribution is 2.58. The second-order valence-corrected chi connectivity index (χ2v) is 5.46. The minimum atomic E-state index is 0.703. The van der Waals surface area contributed by atoms with Crippen molar-refractivity contribution in [3.63, 3.8) is 0 Å². The van der Waals surface area contributed by atoms with Gasteiger partial charge in [0.05, 0.1) is 0 Å². The van der Waals surface area contributed by atoms with Crippen molar-refractivity contribution < 1.29 is 0 Å². The molecule has 0 saturated heterocycles. The summed E-state index contributed by atoms with van der Waals surface area (Å²) >= 11 is 0. The third kappa shape index (κ3) is 1.52. The molecule has 0 aliphatic heterocycles. The quantitative estimate of drug-likeness (QED) is 0.662. The average Bonchev–Trinajstić information content (AvgIpc) is 2.67. The van der Waals surface area contributed by atoms with Gasteiger partial charge in [0.2, 0.25) is 0 Å². The summed E-state index contributed by atoms with van der Waals surface area (Å²) in [4.78, 5) is 0. The number of rotatable bonds is 2. The molecule has 2 unspecified atom stereocenters. The Bertz CT molecular complexity index is 238. The first kappa shape index (κ1) is 8.96. The third-order valence-electron chi connectivity index (χ3n) is 4.46. The maximum Gasteiger partial charge on any atom is 0.0252 e. The smallest absolute Gasteiger partial charge is 0.0252 e. The van der Waals surface area contributed by atoms with Gasteiger partial charge in [-0.1, -0.05) is 25.0 Å². The van der Waals surface area contributed by atoms with Crippen LogP contribution in [0.2, 0.25) is 0 Å². The van der Waals surface area contributed by atoms with E-state index in [4.69, 9.17) is 0 Å². The van der Waals surface area contributed by atoms with E-state index in [1.54, 1.807) is 0 Å². The van der Waals surface area contributed by atoms with Gasteiger partial charge < -0.3 is 5.32 Å².